The van der Waals surface area contributed by atoms with Crippen molar-refractivity contribution in [2.45, 2.75) is 24.5 Å². The topological polar surface area (TPSA) is 230 Å². The molecule has 5 N–H and O–H groups in total. The average Bonchev–Trinajstić information content (AvgIpc) is 2.71. The number of aromatic nitrogens is 2. The Hall–Kier alpha value is -1.18. The van der Waals surface area contributed by atoms with Crippen LogP contribution in [0.25, 0.3) is 0 Å². The molecular weight excluding hydrogens is 388 g/mol. The van der Waals surface area contributed by atoms with Crippen LogP contribution in [0.1, 0.15) is 6.23 Å². The number of nitrogen functional groups attached to an aromatic ring is 1. The first kappa shape index (κ1) is 20.1. The zero-order valence-corrected chi connectivity index (χ0v) is 13.9. The van der Waals surface area contributed by atoms with Crippen molar-refractivity contribution in [3.8, 4) is 0 Å². The molecule has 1 fully saturated rings. The second kappa shape index (κ2) is 7.21. The van der Waals surface area contributed by atoms with E-state index >= 15 is 0 Å². The summed E-state index contributed by atoms with van der Waals surface area (Å²) in [7, 11) is -11.1. The molecule has 2 rings (SSSR count). The summed E-state index contributed by atoms with van der Waals surface area (Å²) < 4.78 is 35.1. The highest BCUT2D eigenvalue weighted by atomic mass is 31.3. The molecule has 1 aromatic rings. The Labute approximate surface area is 139 Å². The molecule has 142 valence electrons. The number of hydrogen-bond acceptors (Lipinski definition) is 12. The number of nitrogens with zero attached hydrogens (tertiary/aromatic N) is 2. The Morgan fingerprint density at radius 2 is 2.00 bits per heavy atom. The van der Waals surface area contributed by atoms with Gasteiger partial charge in [-0.05, 0) is 6.07 Å². The summed E-state index contributed by atoms with van der Waals surface area (Å²) in [6.45, 7) is -0.966. The summed E-state index contributed by atoms with van der Waals surface area (Å²) in [6.07, 6.45) is -5.12. The van der Waals surface area contributed by atoms with Gasteiger partial charge in [-0.2, -0.15) is 4.98 Å². The van der Waals surface area contributed by atoms with E-state index in [0.29, 0.717) is 0 Å². The first-order chi connectivity index (χ1) is 11.4. The van der Waals surface area contributed by atoms with Crippen LogP contribution >= 0.6 is 15.6 Å². The largest absolute Gasteiger partial charge is 0.756 e. The van der Waals surface area contributed by atoms with E-state index in [4.69, 9.17) is 15.4 Å². The monoisotopic (exact) mass is 401 g/mol. The van der Waals surface area contributed by atoms with Gasteiger partial charge in [0.05, 0.1) is 6.61 Å². The molecule has 25 heavy (non-hydrogen) atoms. The van der Waals surface area contributed by atoms with Crippen molar-refractivity contribution in [1.29, 1.82) is 0 Å². The summed E-state index contributed by atoms with van der Waals surface area (Å²) in [5, 5.41) is 19.8. The van der Waals surface area contributed by atoms with Crippen LogP contribution in [0.3, 0.4) is 0 Å². The Balaban J connectivity index is 2.08. The lowest BCUT2D eigenvalue weighted by atomic mass is 10.1. The molecule has 1 aliphatic rings. The maximum atomic E-state index is 11.7. The molecule has 14 nitrogen and oxygen atoms in total. The lowest BCUT2D eigenvalue weighted by molar-refractivity contribution is -0.242. The third-order valence-electron chi connectivity index (χ3n) is 3.06. The van der Waals surface area contributed by atoms with Crippen LogP contribution in [0.2, 0.25) is 0 Å². The molecule has 1 aromatic heterocycles. The maximum absolute atomic E-state index is 11.7. The predicted octanol–water partition coefficient (Wildman–Crippen LogP) is -3.59. The van der Waals surface area contributed by atoms with Gasteiger partial charge < -0.3 is 39.9 Å². The predicted molar refractivity (Wildman–Crippen MR) is 73.3 cm³/mol. The first-order valence-electron chi connectivity index (χ1n) is 6.46. The minimum Gasteiger partial charge on any atom is -0.756 e. The standard InChI is InChI=1S/C9H15N3O11P2/c10-5-1-2-12(9(15)11-5)8-7(14)6(13)4(22-8)3-21-25(19,20)23-24(16,17)18/h1-2,4,6-8,13-14H,3H2,(H,19,20)(H2,10,11,15)(H2,16,17,18)/p-2/t4-,6?,7-,8-/m1/s1. The minimum atomic E-state index is -5.62. The number of nitrogens with two attached hydrogens (primary N) is 1. The number of phosphoric ester groups is 1. The number of ether oxygens (including phenoxy) is 1. The minimum absolute atomic E-state index is 0.0929. The van der Waals surface area contributed by atoms with E-state index in [1.54, 1.807) is 0 Å². The summed E-state index contributed by atoms with van der Waals surface area (Å²) in [5.74, 6) is -0.0929. The van der Waals surface area contributed by atoms with Crippen molar-refractivity contribution in [3.05, 3.63) is 22.7 Å². The third-order valence-corrected chi connectivity index (χ3v) is 5.15. The molecule has 0 amide bonds. The van der Waals surface area contributed by atoms with Gasteiger partial charge in [-0.1, -0.05) is 0 Å². The molecule has 6 atom stereocenters. The Kier molecular flexibility index (Phi) is 5.81. The van der Waals surface area contributed by atoms with Gasteiger partial charge in [0.1, 0.15) is 24.1 Å². The molecule has 0 saturated carbocycles. The van der Waals surface area contributed by atoms with Crippen LogP contribution in [-0.2, 0) is 22.7 Å². The molecule has 1 saturated heterocycles. The second-order valence-corrected chi connectivity index (χ2v) is 7.62. The summed E-state index contributed by atoms with van der Waals surface area (Å²) >= 11 is 0. The molecule has 16 heteroatoms. The van der Waals surface area contributed by atoms with Crippen molar-refractivity contribution in [1.82, 2.24) is 9.55 Å². The molecule has 0 spiro atoms. The van der Waals surface area contributed by atoms with E-state index in [1.807, 2.05) is 0 Å². The van der Waals surface area contributed by atoms with Gasteiger partial charge in [-0.25, -0.2) is 9.11 Å². The quantitative estimate of drug-likeness (QED) is 0.338. The SMILES string of the molecule is Nc1ccn([C@@H]2O[C@H](COP(=O)([O-])OP(=O)([O-])O)C(O)[C@H]2O)c(=O)n1. The van der Waals surface area contributed by atoms with Crippen molar-refractivity contribution in [2.24, 2.45) is 0 Å². The highest BCUT2D eigenvalue weighted by Gasteiger charge is 2.44. The van der Waals surface area contributed by atoms with Gasteiger partial charge in [0.2, 0.25) is 0 Å². The van der Waals surface area contributed by atoms with Crippen LogP contribution in [0, 0.1) is 0 Å². The van der Waals surface area contributed by atoms with E-state index in [0.717, 1.165) is 10.8 Å². The number of hydrogen-bond donors (Lipinski definition) is 4. The van der Waals surface area contributed by atoms with Gasteiger partial charge in [0, 0.05) is 6.20 Å². The lowest BCUT2D eigenvalue weighted by Crippen LogP contribution is -2.36. The number of anilines is 1. The molecule has 2 heterocycles. The molecule has 3 unspecified atom stereocenters. The van der Waals surface area contributed by atoms with Crippen LogP contribution in [0.5, 0.6) is 0 Å². The fourth-order valence-electron chi connectivity index (χ4n) is 2.03. The third kappa shape index (κ3) is 5.15. The van der Waals surface area contributed by atoms with Crippen LogP contribution < -0.4 is 21.2 Å². The zero-order chi connectivity index (χ0) is 19.0. The smallest absolute Gasteiger partial charge is 0.351 e. The summed E-state index contributed by atoms with van der Waals surface area (Å²) in [4.78, 5) is 45.1. The van der Waals surface area contributed by atoms with Crippen LogP contribution in [0.15, 0.2) is 17.1 Å². The first-order valence-corrected chi connectivity index (χ1v) is 9.42. The van der Waals surface area contributed by atoms with E-state index in [2.05, 4.69) is 13.8 Å². The van der Waals surface area contributed by atoms with Crippen molar-refractivity contribution in [3.63, 3.8) is 0 Å². The normalized spacial score (nSPS) is 31.4. The highest BCUT2D eigenvalue weighted by Crippen LogP contribution is 2.52. The van der Waals surface area contributed by atoms with Crippen molar-refractivity contribution >= 4 is 21.5 Å². The van der Waals surface area contributed by atoms with Gasteiger partial charge >= 0.3 is 5.69 Å². The van der Waals surface area contributed by atoms with Crippen molar-refractivity contribution < 1.29 is 47.6 Å². The molecule has 0 bridgehead atoms. The molecular formula is C9H13N3O11P2-2. The molecule has 0 radical (unpaired) electrons. The highest BCUT2D eigenvalue weighted by molar-refractivity contribution is 7.59. The summed E-state index contributed by atoms with van der Waals surface area (Å²) in [5.41, 5.74) is 4.42. The van der Waals surface area contributed by atoms with E-state index in [1.165, 1.54) is 6.07 Å². The van der Waals surface area contributed by atoms with Gasteiger partial charge in [0.25, 0.3) is 15.6 Å². The number of rotatable bonds is 6. The fraction of sp³-hybridized carbons (Fsp3) is 0.556. The average molecular weight is 401 g/mol. The number of aliphatic hydroxyl groups excluding tert-OH is 2. The number of phosphoric acid groups is 2. The Morgan fingerprint density at radius 3 is 2.56 bits per heavy atom. The van der Waals surface area contributed by atoms with Gasteiger partial charge in [0.15, 0.2) is 6.23 Å². The Bertz CT molecular complexity index is 778. The van der Waals surface area contributed by atoms with E-state index in [-0.39, 0.29) is 5.82 Å². The van der Waals surface area contributed by atoms with Crippen LogP contribution in [-0.4, -0.2) is 49.6 Å². The zero-order valence-electron chi connectivity index (χ0n) is 12.1. The van der Waals surface area contributed by atoms with E-state index < -0.39 is 52.5 Å². The van der Waals surface area contributed by atoms with Gasteiger partial charge in [-0.3, -0.25) is 13.7 Å². The Morgan fingerprint density at radius 1 is 1.36 bits per heavy atom. The fourth-order valence-corrected chi connectivity index (χ4v) is 3.56. The molecule has 0 aliphatic carbocycles. The molecule has 1 aliphatic heterocycles. The van der Waals surface area contributed by atoms with Crippen LogP contribution in [0.4, 0.5) is 5.82 Å². The van der Waals surface area contributed by atoms with Crippen molar-refractivity contribution in [2.75, 3.05) is 12.3 Å². The summed E-state index contributed by atoms with van der Waals surface area (Å²) in [6, 6.07) is 1.22. The number of aliphatic hydroxyl groups is 2. The lowest BCUT2D eigenvalue weighted by Gasteiger charge is -2.28. The molecule has 0 aromatic carbocycles. The van der Waals surface area contributed by atoms with Gasteiger partial charge in [-0.15, -0.1) is 0 Å². The maximum Gasteiger partial charge on any atom is 0.351 e. The van der Waals surface area contributed by atoms with E-state index in [9.17, 15) is 33.9 Å². The second-order valence-electron chi connectivity index (χ2n) is 4.88.